The second-order valence-electron chi connectivity index (χ2n) is 18.0. The number of phosphoric ester groups is 1. The summed E-state index contributed by atoms with van der Waals surface area (Å²) in [5, 5.41) is 50.3. The molecule has 0 spiro atoms. The molecule has 0 aromatic carbocycles. The number of carbonyl (C=O) groups excluding carboxylic acids is 1. The van der Waals surface area contributed by atoms with E-state index in [4.69, 9.17) is 18.5 Å². The Balaban J connectivity index is 2.34. The van der Waals surface area contributed by atoms with Gasteiger partial charge in [0.05, 0.1) is 13.2 Å². The van der Waals surface area contributed by atoms with Gasteiger partial charge in [0.15, 0.2) is 0 Å². The molecule has 6 atom stereocenters. The molecule has 0 amide bonds. The van der Waals surface area contributed by atoms with Crippen molar-refractivity contribution in [1.29, 1.82) is 0 Å². The van der Waals surface area contributed by atoms with Crippen LogP contribution in [0.3, 0.4) is 0 Å². The van der Waals surface area contributed by atoms with Crippen LogP contribution in [0.1, 0.15) is 226 Å². The molecule has 63 heavy (non-hydrogen) atoms. The Kier molecular flexibility index (Phi) is 39.0. The van der Waals surface area contributed by atoms with Gasteiger partial charge >= 0.3 is 13.8 Å². The molecule has 0 aromatic rings. The Morgan fingerprint density at radius 2 is 0.889 bits per heavy atom. The van der Waals surface area contributed by atoms with Gasteiger partial charge in [-0.05, 0) is 44.9 Å². The maximum Gasteiger partial charge on any atom is 0.472 e. The number of carbonyl (C=O) groups is 1. The standard InChI is InChI=1S/C50H95O12P/c1-3-5-7-9-11-13-15-17-19-21-22-24-26-28-30-32-34-36-38-40-59-41-43(42-60-63(57,58)62-50-48(55)46(53)45(52)47(54)49(50)56)61-44(51)39-37-35-33-31-29-27-25-23-20-18-16-14-12-10-8-6-4-2/h13,15,19,21,43,45-50,52-56H,3-12,14,16-18,20,22-42H2,1-2H3,(H,57,58)/b15-13-,21-19-. The first-order valence-electron chi connectivity index (χ1n) is 25.7. The number of allylic oxidation sites excluding steroid dienone is 4. The van der Waals surface area contributed by atoms with E-state index in [1.807, 2.05) is 0 Å². The quantitative estimate of drug-likeness (QED) is 0.0147. The molecule has 6 unspecified atom stereocenters. The summed E-state index contributed by atoms with van der Waals surface area (Å²) in [6.07, 6.45) is 35.2. The molecule has 0 saturated heterocycles. The highest BCUT2D eigenvalue weighted by atomic mass is 31.2. The molecule has 12 nitrogen and oxygen atoms in total. The van der Waals surface area contributed by atoms with Crippen molar-refractivity contribution in [2.45, 2.75) is 268 Å². The molecule has 0 radical (unpaired) electrons. The van der Waals surface area contributed by atoms with Gasteiger partial charge in [-0.3, -0.25) is 13.8 Å². The highest BCUT2D eigenvalue weighted by molar-refractivity contribution is 7.47. The van der Waals surface area contributed by atoms with E-state index in [1.165, 1.54) is 141 Å². The largest absolute Gasteiger partial charge is 0.472 e. The molecule has 1 rings (SSSR count). The first-order valence-corrected chi connectivity index (χ1v) is 27.2. The molecule has 1 aliphatic carbocycles. The Labute approximate surface area is 383 Å². The van der Waals surface area contributed by atoms with Crippen molar-refractivity contribution in [3.8, 4) is 0 Å². The summed E-state index contributed by atoms with van der Waals surface area (Å²) >= 11 is 0. The Morgan fingerprint density at radius 1 is 0.508 bits per heavy atom. The number of phosphoric acid groups is 1. The summed E-state index contributed by atoms with van der Waals surface area (Å²) in [5.74, 6) is -0.475. The second-order valence-corrected chi connectivity index (χ2v) is 19.4. The lowest BCUT2D eigenvalue weighted by Gasteiger charge is -2.41. The van der Waals surface area contributed by atoms with Gasteiger partial charge in [-0.2, -0.15) is 0 Å². The van der Waals surface area contributed by atoms with Crippen LogP contribution < -0.4 is 0 Å². The topological polar surface area (TPSA) is 192 Å². The fourth-order valence-electron chi connectivity index (χ4n) is 7.98. The lowest BCUT2D eigenvalue weighted by atomic mass is 9.85. The number of esters is 1. The zero-order valence-electron chi connectivity index (χ0n) is 39.9. The van der Waals surface area contributed by atoms with Crippen LogP contribution in [0.2, 0.25) is 0 Å². The van der Waals surface area contributed by atoms with Gasteiger partial charge in [0.25, 0.3) is 0 Å². The minimum atomic E-state index is -5.02. The van der Waals surface area contributed by atoms with Crippen LogP contribution in [-0.4, -0.2) is 98.9 Å². The van der Waals surface area contributed by atoms with Gasteiger partial charge < -0.3 is 39.9 Å². The van der Waals surface area contributed by atoms with E-state index in [9.17, 15) is 39.8 Å². The normalized spacial score (nSPS) is 22.0. The van der Waals surface area contributed by atoms with Crippen LogP contribution in [0, 0.1) is 0 Å². The molecule has 1 aliphatic rings. The number of hydrogen-bond acceptors (Lipinski definition) is 11. The predicted molar refractivity (Wildman–Crippen MR) is 253 cm³/mol. The highest BCUT2D eigenvalue weighted by Gasteiger charge is 2.51. The van der Waals surface area contributed by atoms with Crippen LogP contribution >= 0.6 is 7.82 Å². The average Bonchev–Trinajstić information content (AvgIpc) is 3.27. The van der Waals surface area contributed by atoms with Gasteiger partial charge in [0.1, 0.15) is 42.7 Å². The molecule has 0 bridgehead atoms. The van der Waals surface area contributed by atoms with Crippen molar-refractivity contribution < 1.29 is 58.3 Å². The Bertz CT molecular complexity index is 1140. The number of ether oxygens (including phenoxy) is 2. The Hall–Kier alpha value is -1.18. The van der Waals surface area contributed by atoms with Crippen LogP contribution in [0.4, 0.5) is 0 Å². The molecular weight excluding hydrogens is 824 g/mol. The van der Waals surface area contributed by atoms with Crippen molar-refractivity contribution in [3.63, 3.8) is 0 Å². The van der Waals surface area contributed by atoms with Crippen molar-refractivity contribution in [3.05, 3.63) is 24.3 Å². The number of hydrogen-bond donors (Lipinski definition) is 6. The first kappa shape index (κ1) is 59.8. The fourth-order valence-corrected chi connectivity index (χ4v) is 8.95. The summed E-state index contributed by atoms with van der Waals surface area (Å²) in [6, 6.07) is 0. The van der Waals surface area contributed by atoms with Gasteiger partial charge in [0.2, 0.25) is 0 Å². The van der Waals surface area contributed by atoms with Gasteiger partial charge in [-0.15, -0.1) is 0 Å². The van der Waals surface area contributed by atoms with Crippen LogP contribution in [0.15, 0.2) is 24.3 Å². The monoisotopic (exact) mass is 919 g/mol. The smallest absolute Gasteiger partial charge is 0.457 e. The minimum absolute atomic E-state index is 0.0765. The molecule has 0 heterocycles. The van der Waals surface area contributed by atoms with Crippen molar-refractivity contribution in [2.24, 2.45) is 0 Å². The third-order valence-electron chi connectivity index (χ3n) is 12.1. The SMILES string of the molecule is CCCCCC/C=C\C/C=C\CCCCCCCCCCOCC(COP(=O)(O)OC1C(O)C(O)C(O)C(O)C1O)OC(=O)CCCCCCCCCCCCCCCCCCC. The molecule has 13 heteroatoms. The summed E-state index contributed by atoms with van der Waals surface area (Å²) in [5.41, 5.74) is 0. The molecular formula is C50H95O12P. The Morgan fingerprint density at radius 3 is 1.35 bits per heavy atom. The third-order valence-corrected chi connectivity index (χ3v) is 13.1. The number of aliphatic hydroxyl groups excluding tert-OH is 5. The lowest BCUT2D eigenvalue weighted by molar-refractivity contribution is -0.220. The zero-order valence-corrected chi connectivity index (χ0v) is 40.8. The molecule has 1 fully saturated rings. The zero-order chi connectivity index (χ0) is 46.2. The van der Waals surface area contributed by atoms with Crippen LogP contribution in [0.25, 0.3) is 0 Å². The van der Waals surface area contributed by atoms with E-state index >= 15 is 0 Å². The van der Waals surface area contributed by atoms with E-state index in [1.54, 1.807) is 0 Å². The predicted octanol–water partition coefficient (Wildman–Crippen LogP) is 11.3. The molecule has 6 N–H and O–H groups in total. The maximum absolute atomic E-state index is 12.8. The number of rotatable bonds is 44. The summed E-state index contributed by atoms with van der Waals surface area (Å²) < 4.78 is 34.3. The lowest BCUT2D eigenvalue weighted by Crippen LogP contribution is -2.64. The number of aliphatic hydroxyl groups is 5. The second kappa shape index (κ2) is 41.0. The van der Waals surface area contributed by atoms with Crippen molar-refractivity contribution >= 4 is 13.8 Å². The maximum atomic E-state index is 12.8. The van der Waals surface area contributed by atoms with E-state index in [2.05, 4.69) is 38.2 Å². The van der Waals surface area contributed by atoms with Crippen LogP contribution in [0.5, 0.6) is 0 Å². The van der Waals surface area contributed by atoms with Gasteiger partial charge in [-0.25, -0.2) is 4.57 Å². The van der Waals surface area contributed by atoms with E-state index in [0.717, 1.165) is 57.8 Å². The molecule has 0 aromatic heterocycles. The minimum Gasteiger partial charge on any atom is -0.457 e. The van der Waals surface area contributed by atoms with Gasteiger partial charge in [0, 0.05) is 13.0 Å². The number of unbranched alkanes of at least 4 members (excludes halogenated alkanes) is 28. The summed E-state index contributed by atoms with van der Waals surface area (Å²) in [7, 11) is -5.02. The summed E-state index contributed by atoms with van der Waals surface area (Å²) in [4.78, 5) is 23.2. The van der Waals surface area contributed by atoms with Crippen LogP contribution in [-0.2, 0) is 27.9 Å². The van der Waals surface area contributed by atoms with Gasteiger partial charge in [-0.1, -0.05) is 199 Å². The highest BCUT2D eigenvalue weighted by Crippen LogP contribution is 2.47. The summed E-state index contributed by atoms with van der Waals surface area (Å²) in [6.45, 7) is 4.27. The average molecular weight is 919 g/mol. The van der Waals surface area contributed by atoms with E-state index in [-0.39, 0.29) is 13.0 Å². The first-order chi connectivity index (χ1) is 30.5. The molecule has 0 aliphatic heterocycles. The van der Waals surface area contributed by atoms with E-state index < -0.39 is 63.1 Å². The van der Waals surface area contributed by atoms with Crippen molar-refractivity contribution in [2.75, 3.05) is 19.8 Å². The molecule has 372 valence electrons. The molecule has 1 saturated carbocycles. The third kappa shape index (κ3) is 33.0. The van der Waals surface area contributed by atoms with E-state index in [0.29, 0.717) is 13.0 Å². The van der Waals surface area contributed by atoms with Crippen molar-refractivity contribution in [1.82, 2.24) is 0 Å². The fraction of sp³-hybridized carbons (Fsp3) is 0.900.